The number of carbonyl (C=O) groups is 1. The van der Waals surface area contributed by atoms with Crippen molar-refractivity contribution in [1.29, 1.82) is 0 Å². The van der Waals surface area contributed by atoms with E-state index >= 15 is 4.39 Å². The molecule has 2 heterocycles. The number of hydrogen-bond donors (Lipinski definition) is 1. The van der Waals surface area contributed by atoms with Crippen LogP contribution in [0.1, 0.15) is 25.1 Å². The molecule has 0 radical (unpaired) electrons. The number of piperazine rings is 1. The minimum absolute atomic E-state index is 0.107. The van der Waals surface area contributed by atoms with Crippen LogP contribution in [-0.2, 0) is 21.5 Å². The molecule has 1 amide bonds. The second-order valence-electron chi connectivity index (χ2n) is 8.50. The Morgan fingerprint density at radius 1 is 1.18 bits per heavy atom. The molecule has 1 saturated heterocycles. The van der Waals surface area contributed by atoms with Crippen molar-refractivity contribution in [3.05, 3.63) is 53.6 Å². The number of nitrogens with one attached hydrogen (secondary N) is 1. The van der Waals surface area contributed by atoms with E-state index in [1.807, 2.05) is 20.8 Å². The largest absolute Gasteiger partial charge is 0.291 e. The molecule has 2 atom stereocenters. The Labute approximate surface area is 194 Å². The van der Waals surface area contributed by atoms with E-state index in [-0.39, 0.29) is 17.8 Å². The molecule has 9 nitrogen and oxygen atoms in total. The molecule has 3 rings (SSSR count). The number of hydrogen-bond acceptors (Lipinski definition) is 6. The first-order chi connectivity index (χ1) is 15.5. The fraction of sp³-hybridized carbons (Fsp3) is 0.455. The van der Waals surface area contributed by atoms with Crippen LogP contribution in [-0.4, -0.2) is 72.6 Å². The predicted octanol–water partition coefficient (Wildman–Crippen LogP) is 2.22. The zero-order valence-electron chi connectivity index (χ0n) is 19.6. The third kappa shape index (κ3) is 5.49. The lowest BCUT2D eigenvalue weighted by Crippen LogP contribution is -2.59. The van der Waals surface area contributed by atoms with Gasteiger partial charge in [-0.15, -0.1) is 0 Å². The Hall–Kier alpha value is -2.60. The van der Waals surface area contributed by atoms with Crippen molar-refractivity contribution in [2.75, 3.05) is 37.6 Å². The molecule has 0 bridgehead atoms. The van der Waals surface area contributed by atoms with Crippen molar-refractivity contribution < 1.29 is 17.6 Å². The quantitative estimate of drug-likeness (QED) is 0.462. The van der Waals surface area contributed by atoms with Crippen molar-refractivity contribution in [1.82, 2.24) is 18.5 Å². The molecule has 1 fully saturated rings. The number of nitrogens with zero attached hydrogens (tertiary/aromatic N) is 5. The lowest BCUT2D eigenvalue weighted by molar-refractivity contribution is -0.107. The summed E-state index contributed by atoms with van der Waals surface area (Å²) in [5, 5.41) is 1.17. The number of amides is 1. The van der Waals surface area contributed by atoms with Gasteiger partial charge in [-0.2, -0.15) is 17.0 Å². The second-order valence-corrected chi connectivity index (χ2v) is 10.6. The van der Waals surface area contributed by atoms with Gasteiger partial charge in [0, 0.05) is 57.1 Å². The molecule has 0 unspecified atom stereocenters. The summed E-state index contributed by atoms with van der Waals surface area (Å²) in [6, 6.07) is 8.25. The van der Waals surface area contributed by atoms with Gasteiger partial charge in [0.25, 0.3) is 10.2 Å². The summed E-state index contributed by atoms with van der Waals surface area (Å²) in [5.74, 6) is -0.466. The van der Waals surface area contributed by atoms with Crippen molar-refractivity contribution >= 4 is 28.0 Å². The summed E-state index contributed by atoms with van der Waals surface area (Å²) >= 11 is 0. The zero-order valence-corrected chi connectivity index (χ0v) is 20.4. The van der Waals surface area contributed by atoms with Crippen LogP contribution in [0.5, 0.6) is 0 Å². The highest BCUT2D eigenvalue weighted by Crippen LogP contribution is 2.26. The van der Waals surface area contributed by atoms with Crippen molar-refractivity contribution in [3.8, 4) is 0 Å². The SMILES string of the molecule is Cc1ccc(N(C=O)Nc2cccc(CN3[C@H](C)CN(S(=O)(=O)N(C)C)C[C@@H]3C)c2F)cn1. The lowest BCUT2D eigenvalue weighted by Gasteiger charge is -2.44. The van der Waals surface area contributed by atoms with Gasteiger partial charge in [0.2, 0.25) is 6.41 Å². The Morgan fingerprint density at radius 3 is 2.39 bits per heavy atom. The number of benzene rings is 1. The average Bonchev–Trinajstić information content (AvgIpc) is 2.77. The molecular weight excluding hydrogens is 447 g/mol. The van der Waals surface area contributed by atoms with E-state index in [0.29, 0.717) is 37.3 Å². The maximum absolute atomic E-state index is 15.4. The van der Waals surface area contributed by atoms with Crippen LogP contribution in [0.25, 0.3) is 0 Å². The summed E-state index contributed by atoms with van der Waals surface area (Å²) in [6.07, 6.45) is 2.09. The van der Waals surface area contributed by atoms with Gasteiger partial charge in [-0.3, -0.25) is 20.1 Å². The molecule has 33 heavy (non-hydrogen) atoms. The molecule has 180 valence electrons. The van der Waals surface area contributed by atoms with E-state index < -0.39 is 16.0 Å². The van der Waals surface area contributed by atoms with Gasteiger partial charge >= 0.3 is 0 Å². The fourth-order valence-corrected chi connectivity index (χ4v) is 5.18. The minimum atomic E-state index is -3.51. The number of rotatable bonds is 8. The van der Waals surface area contributed by atoms with Gasteiger partial charge in [0.05, 0.1) is 17.6 Å². The molecule has 0 spiro atoms. The normalized spacial score (nSPS) is 20.1. The highest BCUT2D eigenvalue weighted by atomic mass is 32.2. The average molecular weight is 479 g/mol. The predicted molar refractivity (Wildman–Crippen MR) is 126 cm³/mol. The topological polar surface area (TPSA) is 89.1 Å². The number of halogens is 1. The molecule has 2 aromatic rings. The number of aromatic nitrogens is 1. The summed E-state index contributed by atoms with van der Waals surface area (Å²) in [6.45, 7) is 6.67. The third-order valence-electron chi connectivity index (χ3n) is 5.81. The number of carbonyl (C=O) groups excluding carboxylic acids is 1. The Kier molecular flexibility index (Phi) is 7.68. The summed E-state index contributed by atoms with van der Waals surface area (Å²) < 4.78 is 43.1. The molecule has 0 aliphatic carbocycles. The third-order valence-corrected chi connectivity index (χ3v) is 7.68. The van der Waals surface area contributed by atoms with Crippen LogP contribution in [0, 0.1) is 12.7 Å². The number of hydrazine groups is 1. The number of pyridine rings is 1. The number of anilines is 2. The second kappa shape index (κ2) is 10.1. The van der Waals surface area contributed by atoms with Crippen LogP contribution in [0.15, 0.2) is 36.5 Å². The van der Waals surface area contributed by atoms with Crippen molar-refractivity contribution in [3.63, 3.8) is 0 Å². The van der Waals surface area contributed by atoms with Gasteiger partial charge in [-0.25, -0.2) is 9.40 Å². The highest BCUT2D eigenvalue weighted by molar-refractivity contribution is 7.86. The maximum Gasteiger partial charge on any atom is 0.281 e. The molecule has 1 aliphatic heterocycles. The molecule has 0 saturated carbocycles. The summed E-state index contributed by atoms with van der Waals surface area (Å²) in [7, 11) is -0.482. The van der Waals surface area contributed by atoms with Crippen LogP contribution >= 0.6 is 0 Å². The van der Waals surface area contributed by atoms with Crippen LogP contribution in [0.3, 0.4) is 0 Å². The van der Waals surface area contributed by atoms with Crippen LogP contribution in [0.2, 0.25) is 0 Å². The van der Waals surface area contributed by atoms with Gasteiger partial charge in [-0.05, 0) is 39.0 Å². The molecular formula is C22H31FN6O3S. The Morgan fingerprint density at radius 2 is 1.85 bits per heavy atom. The van der Waals surface area contributed by atoms with E-state index in [4.69, 9.17) is 0 Å². The van der Waals surface area contributed by atoms with E-state index in [9.17, 15) is 13.2 Å². The van der Waals surface area contributed by atoms with Gasteiger partial charge in [0.1, 0.15) is 0 Å². The fourth-order valence-electron chi connectivity index (χ4n) is 3.91. The summed E-state index contributed by atoms with van der Waals surface area (Å²) in [4.78, 5) is 17.9. The molecule has 11 heteroatoms. The Bertz CT molecular complexity index is 1070. The van der Waals surface area contributed by atoms with E-state index in [1.165, 1.54) is 33.9 Å². The van der Waals surface area contributed by atoms with E-state index in [1.54, 1.807) is 30.3 Å². The first-order valence-corrected chi connectivity index (χ1v) is 12.1. The standard InChI is InChI=1S/C22H31FN6O3S/c1-16-9-10-20(11-24-16)29(15-30)25-21-8-6-7-19(22(21)23)14-28-17(2)12-27(13-18(28)3)33(31,32)26(4)5/h6-11,15,17-18,25H,12-14H2,1-5H3/t17-,18+. The van der Waals surface area contributed by atoms with E-state index in [2.05, 4.69) is 15.3 Å². The highest BCUT2D eigenvalue weighted by Gasteiger charge is 2.36. The van der Waals surface area contributed by atoms with Crippen molar-refractivity contribution in [2.45, 2.75) is 39.4 Å². The molecule has 1 aromatic heterocycles. The first kappa shape index (κ1) is 25.0. The van der Waals surface area contributed by atoms with Gasteiger partial charge in [0.15, 0.2) is 5.82 Å². The first-order valence-electron chi connectivity index (χ1n) is 10.7. The van der Waals surface area contributed by atoms with Gasteiger partial charge < -0.3 is 0 Å². The molecule has 1 aliphatic rings. The lowest BCUT2D eigenvalue weighted by atomic mass is 10.1. The molecule has 1 N–H and O–H groups in total. The monoisotopic (exact) mass is 478 g/mol. The van der Waals surface area contributed by atoms with Crippen LogP contribution in [0.4, 0.5) is 15.8 Å². The number of aryl methyl sites for hydroxylation is 1. The molecule has 1 aromatic carbocycles. The maximum atomic E-state index is 15.4. The zero-order chi connectivity index (χ0) is 24.3. The van der Waals surface area contributed by atoms with Gasteiger partial charge in [-0.1, -0.05) is 12.1 Å². The van der Waals surface area contributed by atoms with E-state index in [0.717, 1.165) is 5.69 Å². The minimum Gasteiger partial charge on any atom is -0.291 e. The van der Waals surface area contributed by atoms with Crippen molar-refractivity contribution in [2.24, 2.45) is 0 Å². The van der Waals surface area contributed by atoms with Crippen LogP contribution < -0.4 is 10.4 Å². The summed E-state index contributed by atoms with van der Waals surface area (Å²) in [5.41, 5.74) is 4.72. The Balaban J connectivity index is 1.77. The smallest absolute Gasteiger partial charge is 0.281 e.